The summed E-state index contributed by atoms with van der Waals surface area (Å²) in [5, 5.41) is 75.5. The van der Waals surface area contributed by atoms with Crippen molar-refractivity contribution in [3.63, 3.8) is 0 Å². The molecule has 1 saturated heterocycles. The second kappa shape index (κ2) is 36.2. The number of carbonyl (C=O) groups is 1. The Kier molecular flexibility index (Phi) is 33.9. The first-order chi connectivity index (χ1) is 27.7. The summed E-state index contributed by atoms with van der Waals surface area (Å²) in [7, 11) is 0. The second-order valence-corrected chi connectivity index (χ2v) is 16.1. The molecule has 1 rings (SSSR count). The highest BCUT2D eigenvalue weighted by molar-refractivity contribution is 5.80. The number of hydrogen-bond acceptors (Lipinski definition) is 10. The lowest BCUT2D eigenvalue weighted by Gasteiger charge is -2.40. The minimum atomic E-state index is -1.67. The van der Waals surface area contributed by atoms with Gasteiger partial charge in [-0.2, -0.15) is 0 Å². The molecule has 1 aliphatic rings. The third-order valence-corrected chi connectivity index (χ3v) is 10.9. The molecule has 334 valence electrons. The van der Waals surface area contributed by atoms with Crippen molar-refractivity contribution in [2.45, 2.75) is 236 Å². The van der Waals surface area contributed by atoms with Crippen LogP contribution in [0.4, 0.5) is 0 Å². The van der Waals surface area contributed by atoms with E-state index in [1.165, 1.54) is 89.9 Å². The Labute approximate surface area is 346 Å². The summed E-state index contributed by atoms with van der Waals surface area (Å²) in [4.78, 5) is 13.0. The van der Waals surface area contributed by atoms with Crippen LogP contribution >= 0.6 is 0 Å². The highest BCUT2D eigenvalue weighted by Crippen LogP contribution is 2.23. The first-order valence-electron chi connectivity index (χ1n) is 22.9. The molecule has 1 aliphatic heterocycles. The van der Waals surface area contributed by atoms with Crippen LogP contribution in [0, 0.1) is 0 Å². The molecule has 0 aromatic carbocycles. The lowest BCUT2D eigenvalue weighted by atomic mass is 9.98. The van der Waals surface area contributed by atoms with E-state index >= 15 is 0 Å². The average molecular weight is 812 g/mol. The first kappa shape index (κ1) is 53.3. The fourth-order valence-corrected chi connectivity index (χ4v) is 7.06. The highest BCUT2D eigenvalue weighted by atomic mass is 16.7. The van der Waals surface area contributed by atoms with Crippen molar-refractivity contribution < 1.29 is 50.0 Å². The fourth-order valence-electron chi connectivity index (χ4n) is 7.06. The standard InChI is InChI=1S/C46H85NO10/c1-3-5-7-9-11-13-15-17-18-19-20-21-22-24-25-27-29-31-33-38(49)41(51)37(36-56-46-44(54)43(53)42(52)40(35-48)57-46)47-45(55)39(50)34-32-30-28-26-23-16-14-12-10-8-6-4-2/h15,17,20-21,25,27,37-44,46,48-54H,3-14,16,18-19,22-24,26,28-36H2,1-2H3,(H,47,55)/b17-15+,21-20+,27-25+. The van der Waals surface area contributed by atoms with Crippen molar-refractivity contribution in [1.29, 1.82) is 0 Å². The Morgan fingerprint density at radius 3 is 1.56 bits per heavy atom. The van der Waals surface area contributed by atoms with Crippen molar-refractivity contribution in [1.82, 2.24) is 5.32 Å². The van der Waals surface area contributed by atoms with Crippen molar-refractivity contribution in [2.75, 3.05) is 13.2 Å². The molecule has 8 N–H and O–H groups in total. The van der Waals surface area contributed by atoms with Gasteiger partial charge in [0, 0.05) is 0 Å². The molecule has 0 bridgehead atoms. The molecule has 0 aliphatic carbocycles. The number of carbonyl (C=O) groups excluding carboxylic acids is 1. The number of ether oxygens (including phenoxy) is 2. The van der Waals surface area contributed by atoms with Crippen LogP contribution in [0.3, 0.4) is 0 Å². The number of amides is 1. The van der Waals surface area contributed by atoms with Gasteiger partial charge in [0.2, 0.25) is 5.91 Å². The number of nitrogens with one attached hydrogen (secondary N) is 1. The SMILES string of the molecule is CCCCCCC/C=C/CC/C=C/CC/C=C/CCCC(O)C(O)C(COC1OC(CO)C(O)C(O)C1O)NC(=O)C(O)CCCCCCCCCCCCCC. The summed E-state index contributed by atoms with van der Waals surface area (Å²) >= 11 is 0. The van der Waals surface area contributed by atoms with Gasteiger partial charge in [-0.3, -0.25) is 4.79 Å². The van der Waals surface area contributed by atoms with E-state index in [1.807, 2.05) is 0 Å². The van der Waals surface area contributed by atoms with Crippen LogP contribution in [-0.2, 0) is 14.3 Å². The van der Waals surface area contributed by atoms with Crippen LogP contribution < -0.4 is 5.32 Å². The predicted molar refractivity (Wildman–Crippen MR) is 228 cm³/mol. The molecular formula is C46H85NO10. The summed E-state index contributed by atoms with van der Waals surface area (Å²) in [5.41, 5.74) is 0. The van der Waals surface area contributed by atoms with Gasteiger partial charge in [-0.15, -0.1) is 0 Å². The molecule has 0 saturated carbocycles. The van der Waals surface area contributed by atoms with Gasteiger partial charge in [0.25, 0.3) is 0 Å². The molecule has 9 unspecified atom stereocenters. The summed E-state index contributed by atoms with van der Waals surface area (Å²) < 4.78 is 11.1. The van der Waals surface area contributed by atoms with Crippen molar-refractivity contribution in [3.8, 4) is 0 Å². The average Bonchev–Trinajstić information content (AvgIpc) is 3.21. The monoisotopic (exact) mass is 812 g/mol. The maximum atomic E-state index is 13.0. The molecule has 9 atom stereocenters. The number of allylic oxidation sites excluding steroid dienone is 6. The molecule has 1 heterocycles. The van der Waals surface area contributed by atoms with Crippen LogP contribution in [0.2, 0.25) is 0 Å². The van der Waals surface area contributed by atoms with Gasteiger partial charge < -0.3 is 50.5 Å². The van der Waals surface area contributed by atoms with Crippen molar-refractivity contribution >= 4 is 5.91 Å². The van der Waals surface area contributed by atoms with Gasteiger partial charge in [-0.1, -0.05) is 153 Å². The molecule has 0 radical (unpaired) electrons. The minimum Gasteiger partial charge on any atom is -0.394 e. The number of aliphatic hydroxyl groups excluding tert-OH is 7. The third kappa shape index (κ3) is 26.2. The Hall–Kier alpha value is -1.67. The molecule has 1 fully saturated rings. The second-order valence-electron chi connectivity index (χ2n) is 16.1. The van der Waals surface area contributed by atoms with E-state index in [-0.39, 0.29) is 12.8 Å². The molecule has 1 amide bonds. The molecule has 57 heavy (non-hydrogen) atoms. The zero-order chi connectivity index (χ0) is 41.9. The smallest absolute Gasteiger partial charge is 0.249 e. The Bertz CT molecular complexity index is 1020. The Balaban J connectivity index is 2.51. The van der Waals surface area contributed by atoms with E-state index in [0.717, 1.165) is 44.9 Å². The van der Waals surface area contributed by atoms with Crippen molar-refractivity contribution in [2.24, 2.45) is 0 Å². The van der Waals surface area contributed by atoms with E-state index in [2.05, 4.69) is 55.6 Å². The Morgan fingerprint density at radius 2 is 1.05 bits per heavy atom. The number of aliphatic hydroxyl groups is 7. The van der Waals surface area contributed by atoms with Crippen LogP contribution in [0.1, 0.15) is 181 Å². The maximum Gasteiger partial charge on any atom is 0.249 e. The van der Waals surface area contributed by atoms with Crippen LogP contribution in [0.5, 0.6) is 0 Å². The lowest BCUT2D eigenvalue weighted by Crippen LogP contribution is -2.60. The van der Waals surface area contributed by atoms with E-state index in [1.54, 1.807) is 0 Å². The number of unbranched alkanes of at least 4 members (excludes halogenated alkanes) is 19. The number of rotatable bonds is 37. The van der Waals surface area contributed by atoms with Crippen LogP contribution in [0.15, 0.2) is 36.5 Å². The van der Waals surface area contributed by atoms with E-state index in [9.17, 15) is 40.5 Å². The molecule has 0 aromatic heterocycles. The summed E-state index contributed by atoms with van der Waals surface area (Å²) in [6, 6.07) is -1.19. The van der Waals surface area contributed by atoms with Gasteiger partial charge in [0.15, 0.2) is 6.29 Å². The van der Waals surface area contributed by atoms with E-state index in [0.29, 0.717) is 19.3 Å². The summed E-state index contributed by atoms with van der Waals surface area (Å²) in [6.07, 6.45) is 29.1. The largest absolute Gasteiger partial charge is 0.394 e. The quantitative estimate of drug-likeness (QED) is 0.0235. The zero-order valence-electron chi connectivity index (χ0n) is 35.8. The highest BCUT2D eigenvalue weighted by Gasteiger charge is 2.44. The van der Waals surface area contributed by atoms with Gasteiger partial charge in [0.05, 0.1) is 25.4 Å². The van der Waals surface area contributed by atoms with E-state index < -0.39 is 74.2 Å². The van der Waals surface area contributed by atoms with E-state index in [4.69, 9.17) is 9.47 Å². The molecular weight excluding hydrogens is 727 g/mol. The summed E-state index contributed by atoms with van der Waals surface area (Å²) in [6.45, 7) is 3.38. The van der Waals surface area contributed by atoms with Gasteiger partial charge in [-0.25, -0.2) is 0 Å². The summed E-state index contributed by atoms with van der Waals surface area (Å²) in [5.74, 6) is -0.715. The van der Waals surface area contributed by atoms with Crippen molar-refractivity contribution in [3.05, 3.63) is 36.5 Å². The third-order valence-electron chi connectivity index (χ3n) is 10.9. The minimum absolute atomic E-state index is 0.242. The predicted octanol–water partition coefficient (Wildman–Crippen LogP) is 7.22. The normalized spacial score (nSPS) is 22.4. The van der Waals surface area contributed by atoms with Crippen LogP contribution in [0.25, 0.3) is 0 Å². The maximum absolute atomic E-state index is 13.0. The lowest BCUT2D eigenvalue weighted by molar-refractivity contribution is -0.303. The molecule has 0 spiro atoms. The molecule has 0 aromatic rings. The molecule has 11 heteroatoms. The number of hydrogen-bond donors (Lipinski definition) is 8. The van der Waals surface area contributed by atoms with Gasteiger partial charge in [-0.05, 0) is 64.2 Å². The van der Waals surface area contributed by atoms with Crippen LogP contribution in [-0.4, -0.2) is 110 Å². The van der Waals surface area contributed by atoms with Gasteiger partial charge in [0.1, 0.15) is 36.6 Å². The van der Waals surface area contributed by atoms with Gasteiger partial charge >= 0.3 is 0 Å². The zero-order valence-corrected chi connectivity index (χ0v) is 35.8. The molecule has 11 nitrogen and oxygen atoms in total. The first-order valence-corrected chi connectivity index (χ1v) is 22.9. The topological polar surface area (TPSA) is 189 Å². The Morgan fingerprint density at radius 1 is 0.596 bits per heavy atom. The fraction of sp³-hybridized carbons (Fsp3) is 0.848.